The maximum absolute atomic E-state index is 12.6. The van der Waals surface area contributed by atoms with Gasteiger partial charge < -0.3 is 50.0 Å². The fourth-order valence-electron chi connectivity index (χ4n) is 10.9. The van der Waals surface area contributed by atoms with Crippen molar-refractivity contribution in [2.45, 2.75) is 147 Å². The summed E-state index contributed by atoms with van der Waals surface area (Å²) in [7, 11) is 1.40. The van der Waals surface area contributed by atoms with Crippen LogP contribution in [-0.4, -0.2) is 110 Å². The third-order valence-electron chi connectivity index (χ3n) is 13.2. The molecule has 5 aliphatic rings. The Morgan fingerprint density at radius 1 is 0.884 bits per heavy atom. The van der Waals surface area contributed by atoms with Crippen LogP contribution in [0.2, 0.25) is 0 Å². The molecule has 7 unspecified atom stereocenters. The van der Waals surface area contributed by atoms with E-state index < -0.39 is 66.0 Å². The average Bonchev–Trinajstić information content (AvgIpc) is 3.21. The minimum atomic E-state index is -1.27. The van der Waals surface area contributed by atoms with Crippen LogP contribution >= 0.6 is 0 Å². The second-order valence-corrected chi connectivity index (χ2v) is 15.8. The molecule has 4 aliphatic carbocycles. The van der Waals surface area contributed by atoms with Crippen LogP contribution < -0.4 is 0 Å². The van der Waals surface area contributed by atoms with Gasteiger partial charge >= 0.3 is 0 Å². The van der Waals surface area contributed by atoms with E-state index >= 15 is 0 Å². The summed E-state index contributed by atoms with van der Waals surface area (Å²) >= 11 is 0. The number of hydrogen-bond donors (Lipinski definition) is 7. The summed E-state index contributed by atoms with van der Waals surface area (Å²) < 4.78 is 17.2. The Morgan fingerprint density at radius 3 is 2.21 bits per heavy atom. The topological polar surface area (TPSA) is 169 Å². The van der Waals surface area contributed by atoms with Crippen LogP contribution in [-0.2, 0) is 14.2 Å². The van der Waals surface area contributed by atoms with Gasteiger partial charge in [0.15, 0.2) is 6.29 Å². The van der Waals surface area contributed by atoms with Crippen LogP contribution in [0.4, 0.5) is 0 Å². The highest BCUT2D eigenvalue weighted by Crippen LogP contribution is 2.70. The average molecular weight is 615 g/mol. The molecule has 17 atom stereocenters. The van der Waals surface area contributed by atoms with Crippen molar-refractivity contribution in [1.29, 1.82) is 0 Å². The highest BCUT2D eigenvalue weighted by molar-refractivity contribution is 5.21. The molecule has 43 heavy (non-hydrogen) atoms. The van der Waals surface area contributed by atoms with Crippen LogP contribution in [0.15, 0.2) is 0 Å². The van der Waals surface area contributed by atoms with E-state index in [-0.39, 0.29) is 54.1 Å². The molecule has 0 aromatic heterocycles. The molecule has 0 spiro atoms. The molecular weight excluding hydrogens is 556 g/mol. The molecule has 0 bridgehead atoms. The number of aliphatic hydroxyl groups excluding tert-OH is 6. The predicted octanol–water partition coefficient (Wildman–Crippen LogP) is 1.58. The zero-order valence-corrected chi connectivity index (χ0v) is 26.9. The smallest absolute Gasteiger partial charge is 0.186 e. The Bertz CT molecular complexity index is 966. The van der Waals surface area contributed by atoms with E-state index in [0.717, 1.165) is 25.7 Å². The molecule has 0 amide bonds. The summed E-state index contributed by atoms with van der Waals surface area (Å²) in [6.45, 7) is 10.4. The van der Waals surface area contributed by atoms with E-state index in [1.165, 1.54) is 7.11 Å². The van der Waals surface area contributed by atoms with Crippen molar-refractivity contribution in [1.82, 2.24) is 0 Å². The van der Waals surface area contributed by atoms with Gasteiger partial charge in [0.25, 0.3) is 0 Å². The quantitative estimate of drug-likeness (QED) is 0.199. The maximum atomic E-state index is 12.6. The van der Waals surface area contributed by atoms with Gasteiger partial charge in [0, 0.05) is 25.4 Å². The van der Waals surface area contributed by atoms with Gasteiger partial charge in [-0.2, -0.15) is 0 Å². The van der Waals surface area contributed by atoms with Crippen molar-refractivity contribution < 1.29 is 50.0 Å². The Morgan fingerprint density at radius 2 is 1.56 bits per heavy atom. The van der Waals surface area contributed by atoms with Crippen molar-refractivity contribution in [3.8, 4) is 0 Å². The number of hydrogen-bond acceptors (Lipinski definition) is 10. The fourth-order valence-corrected chi connectivity index (χ4v) is 10.9. The Kier molecular flexibility index (Phi) is 9.73. The maximum Gasteiger partial charge on any atom is 0.186 e. The van der Waals surface area contributed by atoms with Crippen LogP contribution in [0.3, 0.4) is 0 Å². The van der Waals surface area contributed by atoms with Gasteiger partial charge in [-0.05, 0) is 79.4 Å². The molecule has 1 saturated heterocycles. The van der Waals surface area contributed by atoms with E-state index in [0.29, 0.717) is 19.3 Å². The lowest BCUT2D eigenvalue weighted by atomic mass is 9.41. The van der Waals surface area contributed by atoms with Gasteiger partial charge in [-0.1, -0.05) is 34.6 Å². The van der Waals surface area contributed by atoms with Crippen molar-refractivity contribution >= 4 is 0 Å². The zero-order chi connectivity index (χ0) is 31.6. The first kappa shape index (κ1) is 33.9. The lowest BCUT2D eigenvalue weighted by Gasteiger charge is -2.66. The van der Waals surface area contributed by atoms with Crippen molar-refractivity contribution in [3.05, 3.63) is 0 Å². The molecule has 0 aromatic rings. The van der Waals surface area contributed by atoms with Gasteiger partial charge in [0.05, 0.1) is 42.7 Å². The molecule has 10 nitrogen and oxygen atoms in total. The summed E-state index contributed by atoms with van der Waals surface area (Å²) in [4.78, 5) is 0. The van der Waals surface area contributed by atoms with Crippen LogP contribution in [0.25, 0.3) is 0 Å². The Hall–Kier alpha value is -0.400. The van der Waals surface area contributed by atoms with E-state index in [4.69, 9.17) is 14.2 Å². The highest BCUT2D eigenvalue weighted by Gasteiger charge is 2.72. The second-order valence-electron chi connectivity index (χ2n) is 15.8. The number of rotatable bonds is 8. The van der Waals surface area contributed by atoms with Crippen molar-refractivity contribution in [2.75, 3.05) is 13.7 Å². The van der Waals surface area contributed by atoms with Crippen LogP contribution in [0, 0.1) is 46.3 Å². The van der Waals surface area contributed by atoms with Crippen LogP contribution in [0.5, 0.6) is 0 Å². The first-order chi connectivity index (χ1) is 20.1. The molecular formula is C33H58O10. The lowest BCUT2D eigenvalue weighted by Crippen LogP contribution is -2.71. The third kappa shape index (κ3) is 5.53. The zero-order valence-electron chi connectivity index (χ0n) is 26.9. The van der Waals surface area contributed by atoms with E-state index in [1.807, 2.05) is 13.8 Å². The fraction of sp³-hybridized carbons (Fsp3) is 1.00. The predicted molar refractivity (Wildman–Crippen MR) is 158 cm³/mol. The van der Waals surface area contributed by atoms with Crippen molar-refractivity contribution in [3.63, 3.8) is 0 Å². The number of ether oxygens (including phenoxy) is 3. The minimum Gasteiger partial charge on any atom is -0.393 e. The SMILES string of the molecule is COC1C(O[C@H]2CC[C@@]3(C)C([C@H](O)C[C@]4(O)C3CC[C@@]3(C)C4[C@H](O)C[C@@H]3[C@H](C)CC[C@H](O)C(C)C)[C@H]2O)OCC(O)C1O. The molecule has 0 radical (unpaired) electrons. The molecule has 4 saturated carbocycles. The lowest BCUT2D eigenvalue weighted by molar-refractivity contribution is -0.320. The number of aliphatic hydroxyl groups is 7. The molecule has 10 heteroatoms. The van der Waals surface area contributed by atoms with Gasteiger partial charge in [-0.15, -0.1) is 0 Å². The first-order valence-electron chi connectivity index (χ1n) is 16.7. The molecule has 250 valence electrons. The van der Waals surface area contributed by atoms with Crippen molar-refractivity contribution in [2.24, 2.45) is 46.3 Å². The highest BCUT2D eigenvalue weighted by atomic mass is 16.7. The molecule has 7 N–H and O–H groups in total. The molecule has 5 fully saturated rings. The second kappa shape index (κ2) is 12.3. The Labute approximate surface area is 256 Å². The van der Waals surface area contributed by atoms with Gasteiger partial charge in [-0.25, -0.2) is 0 Å². The van der Waals surface area contributed by atoms with Crippen LogP contribution in [0.1, 0.15) is 86.0 Å². The summed E-state index contributed by atoms with van der Waals surface area (Å²) in [6.07, 6.45) is -3.02. The standard InChI is InChI=1S/C33H58O10/c1-16(2)19(34)8-7-17(3)18-13-20(35)29-31(18,4)12-10-24-32(5)11-9-23(27(39)25(32)21(36)14-33(24,29)40)43-30-28(41-6)26(38)22(37)15-42-30/h16-30,34-40H,7-15H2,1-6H3/t17-,18-,19+,20-,21-,22?,23+,24?,25?,26?,27+,28?,29?,30?,31-,32-,33+/m1/s1. The summed E-state index contributed by atoms with van der Waals surface area (Å²) in [5.41, 5.74) is -2.15. The number of methoxy groups -OCH3 is 1. The first-order valence-corrected chi connectivity index (χ1v) is 16.7. The summed E-state index contributed by atoms with van der Waals surface area (Å²) in [5.74, 6) is -0.458. The van der Waals surface area contributed by atoms with Gasteiger partial charge in [-0.3, -0.25) is 0 Å². The van der Waals surface area contributed by atoms with Gasteiger partial charge in [0.1, 0.15) is 18.3 Å². The largest absolute Gasteiger partial charge is 0.393 e. The minimum absolute atomic E-state index is 0.0811. The summed E-state index contributed by atoms with van der Waals surface area (Å²) in [6, 6.07) is 0. The molecule has 0 aromatic carbocycles. The van der Waals surface area contributed by atoms with Gasteiger partial charge in [0.2, 0.25) is 0 Å². The van der Waals surface area contributed by atoms with E-state index in [1.54, 1.807) is 0 Å². The summed E-state index contributed by atoms with van der Waals surface area (Å²) in [5, 5.41) is 78.4. The Balaban J connectivity index is 1.34. The third-order valence-corrected chi connectivity index (χ3v) is 13.2. The molecule has 1 aliphatic heterocycles. The normalized spacial score (nSPS) is 53.2. The number of fused-ring (bicyclic) bond motifs is 5. The monoisotopic (exact) mass is 614 g/mol. The molecule has 1 heterocycles. The molecule has 5 rings (SSSR count). The van der Waals surface area contributed by atoms with E-state index in [9.17, 15) is 35.7 Å². The van der Waals surface area contributed by atoms with E-state index in [2.05, 4.69) is 20.8 Å².